The summed E-state index contributed by atoms with van der Waals surface area (Å²) in [5.41, 5.74) is 3.16. The molecule has 0 aliphatic heterocycles. The van der Waals surface area contributed by atoms with E-state index in [9.17, 15) is 13.1 Å². The molecule has 0 unspecified atom stereocenters. The van der Waals surface area contributed by atoms with Gasteiger partial charge in [0.2, 0.25) is 5.16 Å². The zero-order valence-corrected chi connectivity index (χ0v) is 19.8. The largest absolute Gasteiger partial charge is 0.322 e. The highest BCUT2D eigenvalue weighted by Crippen LogP contribution is 2.36. The van der Waals surface area contributed by atoms with E-state index in [4.69, 9.17) is 0 Å². The normalized spacial score (nSPS) is 11.0. The summed E-state index contributed by atoms with van der Waals surface area (Å²) in [5.74, 6) is 0.0374. The predicted octanol–water partition coefficient (Wildman–Crippen LogP) is 4.47. The van der Waals surface area contributed by atoms with Gasteiger partial charge in [-0.15, -0.1) is 5.10 Å². The first-order chi connectivity index (χ1) is 14.3. The summed E-state index contributed by atoms with van der Waals surface area (Å²) in [6.45, 7) is 6.01. The Balaban J connectivity index is 1.98. The maximum absolute atomic E-state index is 13.1. The minimum Gasteiger partial charge on any atom is -0.322 e. The van der Waals surface area contributed by atoms with Gasteiger partial charge in [-0.2, -0.15) is 3.28 Å². The number of hydrogen-bond donors (Lipinski definition) is 2. The van der Waals surface area contributed by atoms with Gasteiger partial charge in [-0.25, -0.2) is 7.75 Å². The smallest absolute Gasteiger partial charge is 0.300 e. The van der Waals surface area contributed by atoms with Crippen molar-refractivity contribution in [3.8, 4) is 0 Å². The molecule has 0 bridgehead atoms. The molecule has 0 spiro atoms. The van der Waals surface area contributed by atoms with Gasteiger partial charge in [0.15, 0.2) is 0 Å². The van der Waals surface area contributed by atoms with Gasteiger partial charge in [-0.1, -0.05) is 26.0 Å². The molecule has 0 saturated heterocycles. The van der Waals surface area contributed by atoms with Gasteiger partial charge in [-0.3, -0.25) is 10.0 Å². The molecule has 0 atom stereocenters. The summed E-state index contributed by atoms with van der Waals surface area (Å²) < 4.78 is 13.4. The number of aromatic nitrogens is 4. The average Bonchev–Trinajstić information content (AvgIpc) is 3.13. The minimum absolute atomic E-state index is 0.288. The van der Waals surface area contributed by atoms with Crippen LogP contribution in [0.15, 0.2) is 46.5 Å². The summed E-state index contributed by atoms with van der Waals surface area (Å²) in [7, 11) is 1.71. The van der Waals surface area contributed by atoms with Crippen LogP contribution in [0.2, 0.25) is 0 Å². The molecule has 3 aromatic rings. The Kier molecular flexibility index (Phi) is 7.15. The van der Waals surface area contributed by atoms with E-state index in [1.807, 2.05) is 24.3 Å². The lowest BCUT2D eigenvalue weighted by Crippen LogP contribution is -2.15. The SMILES string of the molecule is Cc1cc(N(O)I=O)cc(C(=O)Nc2ccc(C(C)C)cc2)c1Sc1nnnn1C. The number of nitrogens with zero attached hydrogens (tertiary/aromatic N) is 5. The first-order valence-corrected chi connectivity index (χ1v) is 11.7. The summed E-state index contributed by atoms with van der Waals surface area (Å²) in [4.78, 5) is 13.8. The maximum atomic E-state index is 13.1. The van der Waals surface area contributed by atoms with Crippen LogP contribution in [0.4, 0.5) is 11.4 Å². The van der Waals surface area contributed by atoms with E-state index in [0.29, 0.717) is 30.5 Å². The molecule has 0 aliphatic rings. The molecule has 11 heteroatoms. The quantitative estimate of drug-likeness (QED) is 0.257. The average molecular weight is 540 g/mol. The Morgan fingerprint density at radius 1 is 1.27 bits per heavy atom. The lowest BCUT2D eigenvalue weighted by Gasteiger charge is -2.16. The van der Waals surface area contributed by atoms with Crippen LogP contribution in [-0.4, -0.2) is 31.3 Å². The van der Waals surface area contributed by atoms with Crippen molar-refractivity contribution in [2.75, 3.05) is 8.59 Å². The van der Waals surface area contributed by atoms with E-state index >= 15 is 0 Å². The van der Waals surface area contributed by atoms with Gasteiger partial charge in [0.1, 0.15) is 0 Å². The molecule has 30 heavy (non-hydrogen) atoms. The summed E-state index contributed by atoms with van der Waals surface area (Å²) in [5, 5.41) is 24.7. The van der Waals surface area contributed by atoms with Crippen LogP contribution in [0.5, 0.6) is 0 Å². The predicted molar refractivity (Wildman–Crippen MR) is 122 cm³/mol. The van der Waals surface area contributed by atoms with E-state index in [0.717, 1.165) is 5.56 Å². The van der Waals surface area contributed by atoms with E-state index in [1.54, 1.807) is 20.0 Å². The van der Waals surface area contributed by atoms with Crippen molar-refractivity contribution in [1.82, 2.24) is 20.2 Å². The minimum atomic E-state index is -1.83. The molecule has 2 aromatic carbocycles. The second kappa shape index (κ2) is 9.62. The Morgan fingerprint density at radius 3 is 2.53 bits per heavy atom. The molecular weight excluding hydrogens is 519 g/mol. The number of tetrazole rings is 1. The zero-order valence-electron chi connectivity index (χ0n) is 16.8. The van der Waals surface area contributed by atoms with Crippen LogP contribution in [0.25, 0.3) is 0 Å². The Morgan fingerprint density at radius 2 is 1.97 bits per heavy atom. The van der Waals surface area contributed by atoms with Crippen molar-refractivity contribution in [3.05, 3.63) is 53.1 Å². The lowest BCUT2D eigenvalue weighted by atomic mass is 10.0. The monoisotopic (exact) mass is 540 g/mol. The molecule has 9 nitrogen and oxygen atoms in total. The number of carbonyl (C=O) groups is 1. The molecule has 1 heterocycles. The van der Waals surface area contributed by atoms with Crippen LogP contribution in [0.3, 0.4) is 0 Å². The van der Waals surface area contributed by atoms with Crippen LogP contribution < -0.4 is 8.59 Å². The maximum Gasteiger partial charge on any atom is 0.300 e. The summed E-state index contributed by atoms with van der Waals surface area (Å²) in [6.07, 6.45) is 0. The third-order valence-electron chi connectivity index (χ3n) is 4.39. The third kappa shape index (κ3) is 5.02. The van der Waals surface area contributed by atoms with Gasteiger partial charge in [-0.05, 0) is 70.4 Å². The van der Waals surface area contributed by atoms with Crippen LogP contribution >= 0.6 is 33.2 Å². The number of hydrogen-bond acceptors (Lipinski definition) is 7. The number of aryl methyl sites for hydroxylation is 2. The second-order valence-electron chi connectivity index (χ2n) is 6.89. The molecule has 0 fully saturated rings. The van der Waals surface area contributed by atoms with Crippen LogP contribution in [-0.2, 0) is 10.1 Å². The van der Waals surface area contributed by atoms with E-state index < -0.39 is 21.5 Å². The summed E-state index contributed by atoms with van der Waals surface area (Å²) in [6, 6.07) is 10.8. The Hall–Kier alpha value is -2.38. The van der Waals surface area contributed by atoms with Crippen molar-refractivity contribution < 1.29 is 13.1 Å². The molecule has 158 valence electrons. The van der Waals surface area contributed by atoms with E-state index in [1.165, 1.54) is 28.1 Å². The Labute approximate surface area is 188 Å². The van der Waals surface area contributed by atoms with Gasteiger partial charge in [0.05, 0.1) is 11.3 Å². The highest BCUT2D eigenvalue weighted by molar-refractivity contribution is 14.1. The van der Waals surface area contributed by atoms with E-state index in [-0.39, 0.29) is 11.6 Å². The van der Waals surface area contributed by atoms with Gasteiger partial charge >= 0.3 is 0 Å². The van der Waals surface area contributed by atoms with Crippen molar-refractivity contribution in [2.45, 2.75) is 36.7 Å². The Bertz CT molecular complexity index is 1070. The lowest BCUT2D eigenvalue weighted by molar-refractivity contribution is 0.102. The number of rotatable bonds is 7. The first-order valence-electron chi connectivity index (χ1n) is 9.02. The molecule has 2 N–H and O–H groups in total. The van der Waals surface area contributed by atoms with Gasteiger partial charge < -0.3 is 5.32 Å². The van der Waals surface area contributed by atoms with Crippen molar-refractivity contribution in [1.29, 1.82) is 0 Å². The highest BCUT2D eigenvalue weighted by Gasteiger charge is 2.20. The first kappa shape index (κ1) is 22.3. The van der Waals surface area contributed by atoms with Crippen molar-refractivity contribution in [2.24, 2.45) is 7.05 Å². The van der Waals surface area contributed by atoms with Crippen molar-refractivity contribution in [3.63, 3.8) is 0 Å². The second-order valence-corrected chi connectivity index (χ2v) is 9.17. The fourth-order valence-electron chi connectivity index (χ4n) is 2.75. The number of carbonyl (C=O) groups excluding carboxylic acids is 1. The topological polar surface area (TPSA) is 113 Å². The standard InChI is InChI=1S/C19H21IN6O3S/c1-11(2)13-5-7-14(8-6-13)21-18(27)16-10-15(26(29)20-28)9-12(3)17(16)30-19-22-23-24-25(19)4/h5-11,29H,1-4H3,(H,21,27). The number of amides is 1. The summed E-state index contributed by atoms with van der Waals surface area (Å²) >= 11 is -0.587. The van der Waals surface area contributed by atoms with Crippen molar-refractivity contribution >= 4 is 50.5 Å². The van der Waals surface area contributed by atoms with Crippen LogP contribution in [0.1, 0.15) is 41.3 Å². The molecule has 1 aromatic heterocycles. The number of anilines is 2. The molecular formula is C19H21IN6O3S. The number of nitrogens with one attached hydrogen (secondary N) is 1. The van der Waals surface area contributed by atoms with E-state index in [2.05, 4.69) is 34.7 Å². The third-order valence-corrected chi connectivity index (χ3v) is 6.60. The van der Waals surface area contributed by atoms with Crippen LogP contribution in [0, 0.1) is 6.92 Å². The molecule has 1 amide bonds. The molecule has 3 rings (SSSR count). The number of benzene rings is 2. The fourth-order valence-corrected chi connectivity index (χ4v) is 4.17. The number of halogens is 1. The molecule has 0 saturated carbocycles. The zero-order chi connectivity index (χ0) is 21.8. The molecule has 0 radical (unpaired) electrons. The van der Waals surface area contributed by atoms with Gasteiger partial charge in [0, 0.05) is 17.6 Å². The van der Waals surface area contributed by atoms with Gasteiger partial charge in [0.25, 0.3) is 27.4 Å². The highest BCUT2D eigenvalue weighted by atomic mass is 127. The fraction of sp³-hybridized carbons (Fsp3) is 0.263. The molecule has 0 aliphatic carbocycles.